The summed E-state index contributed by atoms with van der Waals surface area (Å²) >= 11 is 0. The fourth-order valence-corrected chi connectivity index (χ4v) is 2.03. The van der Waals surface area contributed by atoms with Gasteiger partial charge in [-0.25, -0.2) is 4.98 Å². The largest absolute Gasteiger partial charge is 0.388 e. The van der Waals surface area contributed by atoms with Gasteiger partial charge in [0.25, 0.3) is 0 Å². The molecular weight excluding hydrogens is 250 g/mol. The van der Waals surface area contributed by atoms with Crippen LogP contribution in [-0.2, 0) is 0 Å². The second-order valence-electron chi connectivity index (χ2n) is 4.77. The van der Waals surface area contributed by atoms with Crippen molar-refractivity contribution in [3.8, 4) is 0 Å². The van der Waals surface area contributed by atoms with Gasteiger partial charge in [0.2, 0.25) is 11.8 Å². The highest BCUT2D eigenvalue weighted by atomic mass is 16.6. The van der Waals surface area contributed by atoms with Gasteiger partial charge in [0.15, 0.2) is 0 Å². The van der Waals surface area contributed by atoms with E-state index in [9.17, 15) is 15.2 Å². The van der Waals surface area contributed by atoms with E-state index in [4.69, 9.17) is 0 Å². The standard InChI is InChI=1S/C11H17N5O3/c1-7-8(16(18)19)9(15-10(12-2)14-7)13-6-11(17)4-3-5-11/h17H,3-6H2,1-2H3,(H2,12,13,14,15). The molecule has 0 aromatic carbocycles. The molecule has 1 aromatic heterocycles. The molecule has 1 fully saturated rings. The number of aryl methyl sites for hydroxylation is 1. The van der Waals surface area contributed by atoms with Crippen LogP contribution >= 0.6 is 0 Å². The van der Waals surface area contributed by atoms with Gasteiger partial charge in [-0.2, -0.15) is 4.98 Å². The van der Waals surface area contributed by atoms with E-state index in [1.807, 2.05) is 0 Å². The molecule has 1 aliphatic carbocycles. The molecule has 1 saturated carbocycles. The Morgan fingerprint density at radius 3 is 2.63 bits per heavy atom. The summed E-state index contributed by atoms with van der Waals surface area (Å²) in [6.45, 7) is 1.82. The van der Waals surface area contributed by atoms with Crippen molar-refractivity contribution in [2.75, 3.05) is 24.2 Å². The Balaban J connectivity index is 2.25. The summed E-state index contributed by atoms with van der Waals surface area (Å²) in [7, 11) is 1.64. The minimum Gasteiger partial charge on any atom is -0.388 e. The minimum absolute atomic E-state index is 0.141. The van der Waals surface area contributed by atoms with Crippen LogP contribution in [0, 0.1) is 17.0 Å². The zero-order valence-corrected chi connectivity index (χ0v) is 10.9. The van der Waals surface area contributed by atoms with Crippen molar-refractivity contribution < 1.29 is 10.0 Å². The SMILES string of the molecule is CNc1nc(C)c([N+](=O)[O-])c(NCC2(O)CCC2)n1. The van der Waals surface area contributed by atoms with E-state index in [2.05, 4.69) is 20.6 Å². The van der Waals surface area contributed by atoms with E-state index in [1.54, 1.807) is 14.0 Å². The molecule has 0 spiro atoms. The maximum Gasteiger partial charge on any atom is 0.332 e. The summed E-state index contributed by atoms with van der Waals surface area (Å²) in [6, 6.07) is 0. The highest BCUT2D eigenvalue weighted by Crippen LogP contribution is 2.33. The highest BCUT2D eigenvalue weighted by Gasteiger charge is 2.35. The lowest BCUT2D eigenvalue weighted by Crippen LogP contribution is -2.43. The summed E-state index contributed by atoms with van der Waals surface area (Å²) in [5.74, 6) is 0.452. The van der Waals surface area contributed by atoms with Gasteiger partial charge in [-0.1, -0.05) is 0 Å². The number of nitrogens with one attached hydrogen (secondary N) is 2. The van der Waals surface area contributed by atoms with Crippen LogP contribution in [0.25, 0.3) is 0 Å². The number of rotatable bonds is 5. The van der Waals surface area contributed by atoms with Crippen LogP contribution in [0.1, 0.15) is 25.0 Å². The first-order valence-corrected chi connectivity index (χ1v) is 6.12. The van der Waals surface area contributed by atoms with E-state index in [0.29, 0.717) is 18.8 Å². The van der Waals surface area contributed by atoms with Crippen LogP contribution in [-0.4, -0.2) is 39.2 Å². The molecule has 2 rings (SSSR count). The van der Waals surface area contributed by atoms with Crippen LogP contribution < -0.4 is 10.6 Å². The molecular formula is C11H17N5O3. The smallest absolute Gasteiger partial charge is 0.332 e. The summed E-state index contributed by atoms with van der Waals surface area (Å²) in [5.41, 5.74) is -0.638. The number of aromatic nitrogens is 2. The average molecular weight is 267 g/mol. The molecule has 3 N–H and O–H groups in total. The van der Waals surface area contributed by atoms with Crippen LogP contribution in [0.5, 0.6) is 0 Å². The predicted octanol–water partition coefficient (Wildman–Crippen LogP) is 1.06. The Morgan fingerprint density at radius 1 is 1.47 bits per heavy atom. The van der Waals surface area contributed by atoms with Crippen LogP contribution in [0.15, 0.2) is 0 Å². The molecule has 8 nitrogen and oxygen atoms in total. The van der Waals surface area contributed by atoms with Crippen molar-refractivity contribution in [1.82, 2.24) is 9.97 Å². The van der Waals surface area contributed by atoms with Gasteiger partial charge in [0.05, 0.1) is 10.5 Å². The van der Waals surface area contributed by atoms with Crippen molar-refractivity contribution >= 4 is 17.5 Å². The van der Waals surface area contributed by atoms with Gasteiger partial charge in [-0.05, 0) is 26.2 Å². The second-order valence-corrected chi connectivity index (χ2v) is 4.77. The minimum atomic E-state index is -0.771. The summed E-state index contributed by atoms with van der Waals surface area (Å²) in [6.07, 6.45) is 2.39. The maximum atomic E-state index is 11.1. The third kappa shape index (κ3) is 2.73. The molecule has 0 atom stereocenters. The van der Waals surface area contributed by atoms with E-state index in [-0.39, 0.29) is 23.7 Å². The van der Waals surface area contributed by atoms with E-state index >= 15 is 0 Å². The number of nitrogens with zero attached hydrogens (tertiary/aromatic N) is 3. The number of hydrogen-bond acceptors (Lipinski definition) is 7. The lowest BCUT2D eigenvalue weighted by Gasteiger charge is -2.36. The summed E-state index contributed by atoms with van der Waals surface area (Å²) < 4.78 is 0. The highest BCUT2D eigenvalue weighted by molar-refractivity contribution is 5.60. The van der Waals surface area contributed by atoms with Crippen LogP contribution in [0.2, 0.25) is 0 Å². The maximum absolute atomic E-state index is 11.1. The van der Waals surface area contributed by atoms with Gasteiger partial charge in [0, 0.05) is 13.6 Å². The third-order valence-corrected chi connectivity index (χ3v) is 3.33. The predicted molar refractivity (Wildman–Crippen MR) is 70.3 cm³/mol. The van der Waals surface area contributed by atoms with Crippen LogP contribution in [0.4, 0.5) is 17.5 Å². The third-order valence-electron chi connectivity index (χ3n) is 3.33. The molecule has 8 heteroatoms. The molecule has 0 amide bonds. The lowest BCUT2D eigenvalue weighted by atomic mass is 9.80. The van der Waals surface area contributed by atoms with Crippen LogP contribution in [0.3, 0.4) is 0 Å². The molecule has 0 unspecified atom stereocenters. The number of aliphatic hydroxyl groups is 1. The molecule has 1 heterocycles. The van der Waals surface area contributed by atoms with Gasteiger partial charge in [0.1, 0.15) is 5.69 Å². The van der Waals surface area contributed by atoms with Gasteiger partial charge < -0.3 is 15.7 Å². The molecule has 0 radical (unpaired) electrons. The average Bonchev–Trinajstić information content (AvgIpc) is 2.32. The zero-order valence-electron chi connectivity index (χ0n) is 10.9. The molecule has 0 bridgehead atoms. The Hall–Kier alpha value is -1.96. The fourth-order valence-electron chi connectivity index (χ4n) is 2.03. The normalized spacial score (nSPS) is 16.6. The summed E-state index contributed by atoms with van der Waals surface area (Å²) in [4.78, 5) is 18.6. The van der Waals surface area contributed by atoms with E-state index in [0.717, 1.165) is 6.42 Å². The first kappa shape index (κ1) is 13.5. The lowest BCUT2D eigenvalue weighted by molar-refractivity contribution is -0.385. The first-order valence-electron chi connectivity index (χ1n) is 6.12. The van der Waals surface area contributed by atoms with Crippen molar-refractivity contribution in [3.05, 3.63) is 15.8 Å². The Morgan fingerprint density at radius 2 is 2.16 bits per heavy atom. The Labute approximate surface area is 110 Å². The molecule has 19 heavy (non-hydrogen) atoms. The first-order chi connectivity index (χ1) is 8.95. The van der Waals surface area contributed by atoms with Gasteiger partial charge >= 0.3 is 5.69 Å². The monoisotopic (exact) mass is 267 g/mol. The topological polar surface area (TPSA) is 113 Å². The summed E-state index contributed by atoms with van der Waals surface area (Å²) in [5, 5.41) is 26.7. The van der Waals surface area contributed by atoms with Crippen molar-refractivity contribution in [1.29, 1.82) is 0 Å². The van der Waals surface area contributed by atoms with Gasteiger partial charge in [-0.15, -0.1) is 0 Å². The number of hydrogen-bond donors (Lipinski definition) is 3. The van der Waals surface area contributed by atoms with E-state index < -0.39 is 10.5 Å². The van der Waals surface area contributed by atoms with Crippen molar-refractivity contribution in [2.24, 2.45) is 0 Å². The molecule has 1 aromatic rings. The Kier molecular flexibility index (Phi) is 3.52. The number of nitro groups is 1. The molecule has 1 aliphatic rings. The van der Waals surface area contributed by atoms with Crippen molar-refractivity contribution in [3.63, 3.8) is 0 Å². The molecule has 0 aliphatic heterocycles. The van der Waals surface area contributed by atoms with Gasteiger partial charge in [-0.3, -0.25) is 10.1 Å². The molecule has 0 saturated heterocycles. The molecule has 104 valence electrons. The zero-order chi connectivity index (χ0) is 14.0. The quantitative estimate of drug-likeness (QED) is 0.540. The number of anilines is 2. The second kappa shape index (κ2) is 4.96. The van der Waals surface area contributed by atoms with Crippen molar-refractivity contribution in [2.45, 2.75) is 31.8 Å². The fraction of sp³-hybridized carbons (Fsp3) is 0.636. The van der Waals surface area contributed by atoms with E-state index in [1.165, 1.54) is 0 Å². The Bertz CT molecular complexity index is 501.